The van der Waals surface area contributed by atoms with E-state index in [1.54, 1.807) is 38.5 Å². The predicted octanol–water partition coefficient (Wildman–Crippen LogP) is 2.75. The van der Waals surface area contributed by atoms with Gasteiger partial charge >= 0.3 is 6.03 Å². The van der Waals surface area contributed by atoms with Gasteiger partial charge < -0.3 is 24.7 Å². The minimum absolute atomic E-state index is 0.126. The number of carbonyl (C=O) groups is 3. The molecule has 9 heteroatoms. The van der Waals surface area contributed by atoms with Crippen molar-refractivity contribution in [3.8, 4) is 5.75 Å². The van der Waals surface area contributed by atoms with Crippen LogP contribution in [-0.4, -0.2) is 54.2 Å². The van der Waals surface area contributed by atoms with Crippen LogP contribution in [0.5, 0.6) is 5.75 Å². The van der Waals surface area contributed by atoms with Crippen molar-refractivity contribution in [2.24, 2.45) is 0 Å². The molecular weight excluding hydrogens is 424 g/mol. The Labute approximate surface area is 191 Å². The van der Waals surface area contributed by atoms with Crippen molar-refractivity contribution in [1.29, 1.82) is 0 Å². The van der Waals surface area contributed by atoms with Gasteiger partial charge in [0.2, 0.25) is 5.91 Å². The van der Waals surface area contributed by atoms with Gasteiger partial charge in [0.25, 0.3) is 5.91 Å². The first kappa shape index (κ1) is 22.3. The number of ether oxygens (including phenoxy) is 2. The predicted molar refractivity (Wildman–Crippen MR) is 123 cm³/mol. The number of hydrogen-bond donors (Lipinski definition) is 2. The highest BCUT2D eigenvalue weighted by Crippen LogP contribution is 2.25. The van der Waals surface area contributed by atoms with E-state index in [4.69, 9.17) is 9.47 Å². The Balaban J connectivity index is 1.40. The summed E-state index contributed by atoms with van der Waals surface area (Å²) in [6.07, 6.45) is 1.79. The molecule has 1 fully saturated rings. The molecule has 1 aromatic heterocycles. The Hall–Kier alpha value is -3.85. The highest BCUT2D eigenvalue weighted by molar-refractivity contribution is 6.08. The third-order valence-electron chi connectivity index (χ3n) is 5.62. The lowest BCUT2D eigenvalue weighted by Gasteiger charge is -2.13. The minimum atomic E-state index is -0.902. The van der Waals surface area contributed by atoms with Gasteiger partial charge in [-0.15, -0.1) is 0 Å². The van der Waals surface area contributed by atoms with E-state index in [-0.39, 0.29) is 18.9 Å². The van der Waals surface area contributed by atoms with Crippen LogP contribution in [0.4, 0.5) is 10.5 Å². The smallest absolute Gasteiger partial charge is 0.325 e. The fourth-order valence-corrected chi connectivity index (χ4v) is 3.88. The van der Waals surface area contributed by atoms with Gasteiger partial charge in [0.1, 0.15) is 11.8 Å². The molecule has 0 spiro atoms. The number of nitrogens with one attached hydrogen (secondary N) is 2. The lowest BCUT2D eigenvalue weighted by Crippen LogP contribution is -2.34. The number of aromatic nitrogens is 1. The largest absolute Gasteiger partial charge is 0.497 e. The Kier molecular flexibility index (Phi) is 6.60. The average Bonchev–Trinajstić information content (AvgIpc) is 3.35. The molecule has 2 N–H and O–H groups in total. The van der Waals surface area contributed by atoms with E-state index >= 15 is 0 Å². The van der Waals surface area contributed by atoms with Crippen molar-refractivity contribution in [3.63, 3.8) is 0 Å². The van der Waals surface area contributed by atoms with E-state index in [9.17, 15) is 14.4 Å². The van der Waals surface area contributed by atoms with Crippen LogP contribution in [0.3, 0.4) is 0 Å². The molecule has 0 saturated carbocycles. The van der Waals surface area contributed by atoms with Gasteiger partial charge in [-0.2, -0.15) is 0 Å². The topological polar surface area (TPSA) is 102 Å². The minimum Gasteiger partial charge on any atom is -0.497 e. The van der Waals surface area contributed by atoms with Crippen LogP contribution in [-0.2, 0) is 27.4 Å². The summed E-state index contributed by atoms with van der Waals surface area (Å²) in [5.41, 5.74) is 2.41. The summed E-state index contributed by atoms with van der Waals surface area (Å²) >= 11 is 0. The molecule has 0 bridgehead atoms. The normalized spacial score (nSPS) is 15.7. The van der Waals surface area contributed by atoms with E-state index in [1.165, 1.54) is 0 Å². The van der Waals surface area contributed by atoms with Crippen LogP contribution >= 0.6 is 0 Å². The summed E-state index contributed by atoms with van der Waals surface area (Å²) in [6.45, 7) is 1.40. The maximum atomic E-state index is 12.8. The molecule has 4 rings (SSSR count). The quantitative estimate of drug-likeness (QED) is 0.488. The first-order chi connectivity index (χ1) is 16.0. The molecule has 1 saturated heterocycles. The third kappa shape index (κ3) is 4.83. The van der Waals surface area contributed by atoms with E-state index < -0.39 is 18.0 Å². The van der Waals surface area contributed by atoms with E-state index in [1.807, 2.05) is 35.0 Å². The van der Waals surface area contributed by atoms with E-state index in [0.29, 0.717) is 24.6 Å². The van der Waals surface area contributed by atoms with Crippen LogP contribution in [0.2, 0.25) is 0 Å². The Bertz CT molecular complexity index is 1170. The number of anilines is 1. The molecule has 0 aliphatic carbocycles. The van der Waals surface area contributed by atoms with Gasteiger partial charge in [0.15, 0.2) is 0 Å². The summed E-state index contributed by atoms with van der Waals surface area (Å²) < 4.78 is 12.3. The number of hydrogen-bond acceptors (Lipinski definition) is 5. The highest BCUT2D eigenvalue weighted by atomic mass is 16.5. The maximum absolute atomic E-state index is 12.8. The lowest BCUT2D eigenvalue weighted by molar-refractivity contribution is -0.130. The summed E-state index contributed by atoms with van der Waals surface area (Å²) in [6, 6.07) is 13.3. The van der Waals surface area contributed by atoms with Crippen molar-refractivity contribution >= 4 is 34.4 Å². The second-order valence-corrected chi connectivity index (χ2v) is 7.77. The molecule has 1 aliphatic rings. The average molecular weight is 450 g/mol. The molecule has 2 heterocycles. The monoisotopic (exact) mass is 450 g/mol. The molecule has 172 valence electrons. The van der Waals surface area contributed by atoms with Crippen LogP contribution in [0.1, 0.15) is 12.0 Å². The second-order valence-electron chi connectivity index (χ2n) is 7.77. The van der Waals surface area contributed by atoms with Gasteiger partial charge in [-0.05, 0) is 35.9 Å². The molecule has 33 heavy (non-hydrogen) atoms. The molecule has 1 aliphatic heterocycles. The Morgan fingerprint density at radius 2 is 1.88 bits per heavy atom. The molecule has 9 nitrogen and oxygen atoms in total. The summed E-state index contributed by atoms with van der Waals surface area (Å²) in [5, 5.41) is 6.38. The number of urea groups is 1. The number of fused-ring (bicyclic) bond motifs is 1. The zero-order chi connectivity index (χ0) is 23.4. The molecule has 0 unspecified atom stereocenters. The molecule has 4 amide bonds. The van der Waals surface area contributed by atoms with Gasteiger partial charge in [-0.1, -0.05) is 18.2 Å². The van der Waals surface area contributed by atoms with Crippen molar-refractivity contribution in [2.75, 3.05) is 26.1 Å². The highest BCUT2D eigenvalue weighted by Gasteiger charge is 2.39. The van der Waals surface area contributed by atoms with Gasteiger partial charge in [-0.3, -0.25) is 14.5 Å². The fourth-order valence-electron chi connectivity index (χ4n) is 3.88. The molecule has 2 aromatic carbocycles. The van der Waals surface area contributed by atoms with Crippen LogP contribution in [0.15, 0.2) is 54.7 Å². The van der Waals surface area contributed by atoms with Crippen LogP contribution in [0, 0.1) is 0 Å². The number of rotatable bonds is 9. The first-order valence-corrected chi connectivity index (χ1v) is 10.6. The zero-order valence-electron chi connectivity index (χ0n) is 18.5. The SMILES string of the molecule is COCCn1ccc2c(NC(=O)C[C@@H]3NC(=O)N(Cc4ccc(OC)cc4)C3=O)cccc21. The van der Waals surface area contributed by atoms with Gasteiger partial charge in [-0.25, -0.2) is 4.79 Å². The first-order valence-electron chi connectivity index (χ1n) is 10.6. The molecule has 0 radical (unpaired) electrons. The molecule has 1 atom stereocenters. The number of amides is 4. The van der Waals surface area contributed by atoms with Crippen molar-refractivity contribution in [1.82, 2.24) is 14.8 Å². The number of nitrogens with zero attached hydrogens (tertiary/aromatic N) is 2. The van der Waals surface area contributed by atoms with E-state index in [2.05, 4.69) is 10.6 Å². The second kappa shape index (κ2) is 9.74. The number of imide groups is 1. The van der Waals surface area contributed by atoms with E-state index in [0.717, 1.165) is 21.4 Å². The standard InChI is InChI=1S/C24H26N4O5/c1-32-13-12-27-11-10-18-19(4-3-5-21(18)27)25-22(29)14-20-23(30)28(24(31)26-20)15-16-6-8-17(33-2)9-7-16/h3-11,20H,12-15H2,1-2H3,(H,25,29)(H,26,31)/t20-/m0/s1. The van der Waals surface area contributed by atoms with Crippen molar-refractivity contribution in [2.45, 2.75) is 25.6 Å². The van der Waals surface area contributed by atoms with Crippen molar-refractivity contribution < 1.29 is 23.9 Å². The zero-order valence-corrected chi connectivity index (χ0v) is 18.5. The van der Waals surface area contributed by atoms with Crippen LogP contribution < -0.4 is 15.4 Å². The molecular formula is C24H26N4O5. The Morgan fingerprint density at radius 1 is 1.09 bits per heavy atom. The number of benzene rings is 2. The van der Waals surface area contributed by atoms with Crippen LogP contribution in [0.25, 0.3) is 10.9 Å². The Morgan fingerprint density at radius 3 is 2.61 bits per heavy atom. The fraction of sp³-hybridized carbons (Fsp3) is 0.292. The third-order valence-corrected chi connectivity index (χ3v) is 5.62. The van der Waals surface area contributed by atoms with Gasteiger partial charge in [0, 0.05) is 25.2 Å². The molecule has 3 aromatic rings. The summed E-state index contributed by atoms with van der Waals surface area (Å²) in [7, 11) is 3.22. The lowest BCUT2D eigenvalue weighted by atomic mass is 10.1. The number of methoxy groups -OCH3 is 2. The van der Waals surface area contributed by atoms with Crippen molar-refractivity contribution in [3.05, 3.63) is 60.3 Å². The number of carbonyl (C=O) groups excluding carboxylic acids is 3. The summed E-state index contributed by atoms with van der Waals surface area (Å²) in [4.78, 5) is 38.9. The summed E-state index contributed by atoms with van der Waals surface area (Å²) in [5.74, 6) is -0.0819. The maximum Gasteiger partial charge on any atom is 0.325 e. The van der Waals surface area contributed by atoms with Gasteiger partial charge in [0.05, 0.1) is 37.9 Å².